The molecule has 0 amide bonds. The molecule has 2 heterocycles. The molecule has 0 fully saturated rings. The molecule has 0 spiro atoms. The summed E-state index contributed by atoms with van der Waals surface area (Å²) in [7, 11) is 0. The Labute approximate surface area is 198 Å². The van der Waals surface area contributed by atoms with Crippen LogP contribution in [0.1, 0.15) is 0 Å². The minimum atomic E-state index is 0.892. The van der Waals surface area contributed by atoms with Crippen LogP contribution in [0, 0.1) is 0 Å². The molecule has 0 saturated carbocycles. The van der Waals surface area contributed by atoms with Gasteiger partial charge in [0.15, 0.2) is 0 Å². The van der Waals surface area contributed by atoms with Gasteiger partial charge in [-0.3, -0.25) is 9.13 Å². The summed E-state index contributed by atoms with van der Waals surface area (Å²) in [4.78, 5) is 9.76. The third kappa shape index (κ3) is 3.51. The van der Waals surface area contributed by atoms with Crippen LogP contribution in [-0.2, 0) is 0 Å². The fraction of sp³-hybridized carbons (Fsp3) is 0. The van der Waals surface area contributed by atoms with Crippen molar-refractivity contribution in [2.75, 3.05) is 0 Å². The van der Waals surface area contributed by atoms with Gasteiger partial charge in [0, 0.05) is 22.5 Å². The van der Waals surface area contributed by atoms with Gasteiger partial charge in [0.2, 0.25) is 0 Å². The summed E-state index contributed by atoms with van der Waals surface area (Å²) in [6.45, 7) is 0. The Morgan fingerprint density at radius 3 is 1.06 bits per heavy atom. The minimum Gasteiger partial charge on any atom is -0.291 e. The number of hydrogen-bond donors (Lipinski definition) is 0. The zero-order valence-corrected chi connectivity index (χ0v) is 18.5. The lowest BCUT2D eigenvalue weighted by atomic mass is 10.2. The number of hydrogen-bond acceptors (Lipinski definition) is 2. The van der Waals surface area contributed by atoms with Gasteiger partial charge >= 0.3 is 0 Å². The summed E-state index contributed by atoms with van der Waals surface area (Å²) in [6, 6.07) is 41.3. The van der Waals surface area contributed by atoms with E-state index in [1.807, 2.05) is 60.9 Å². The van der Waals surface area contributed by atoms with Crippen molar-refractivity contribution >= 4 is 0 Å². The first kappa shape index (κ1) is 19.9. The number of para-hydroxylation sites is 2. The highest BCUT2D eigenvalue weighted by atomic mass is 15.2. The van der Waals surface area contributed by atoms with Crippen LogP contribution in [0.2, 0.25) is 0 Å². The van der Waals surface area contributed by atoms with E-state index < -0.39 is 0 Å². The van der Waals surface area contributed by atoms with Gasteiger partial charge in [0.25, 0.3) is 0 Å². The van der Waals surface area contributed by atoms with E-state index >= 15 is 0 Å². The van der Waals surface area contributed by atoms with Crippen molar-refractivity contribution in [2.24, 2.45) is 0 Å². The van der Waals surface area contributed by atoms with E-state index in [-0.39, 0.29) is 0 Å². The molecule has 0 aliphatic rings. The smallest absolute Gasteiger partial charge is 0.145 e. The monoisotopic (exact) mass is 438 g/mol. The molecule has 0 aliphatic heterocycles. The summed E-state index contributed by atoms with van der Waals surface area (Å²) in [5, 5.41) is 0. The molecule has 0 saturated heterocycles. The van der Waals surface area contributed by atoms with E-state index in [0.717, 1.165) is 45.5 Å². The second-order valence-corrected chi connectivity index (χ2v) is 8.01. The first-order valence-electron chi connectivity index (χ1n) is 11.3. The standard InChI is InChI=1S/C30H22N4/c1-5-13-23(14-6-1)29-31-21-27(33(29)25-17-9-3-10-18-25)28-22-32-30(24-15-7-2-8-16-24)34(28)26-19-11-4-12-20-26/h1-22H. The molecule has 0 aliphatic carbocycles. The van der Waals surface area contributed by atoms with Gasteiger partial charge in [-0.15, -0.1) is 0 Å². The van der Waals surface area contributed by atoms with Gasteiger partial charge in [-0.25, -0.2) is 9.97 Å². The van der Waals surface area contributed by atoms with E-state index in [2.05, 4.69) is 81.9 Å². The first-order valence-corrected chi connectivity index (χ1v) is 11.3. The Kier molecular flexibility index (Phi) is 5.09. The normalized spacial score (nSPS) is 10.9. The lowest BCUT2D eigenvalue weighted by Gasteiger charge is -2.16. The maximum absolute atomic E-state index is 4.88. The quantitative estimate of drug-likeness (QED) is 0.289. The minimum absolute atomic E-state index is 0.892. The van der Waals surface area contributed by atoms with Gasteiger partial charge in [-0.2, -0.15) is 0 Å². The van der Waals surface area contributed by atoms with E-state index in [9.17, 15) is 0 Å². The molecule has 6 aromatic rings. The van der Waals surface area contributed by atoms with Crippen LogP contribution < -0.4 is 0 Å². The van der Waals surface area contributed by atoms with Crippen LogP contribution in [0.3, 0.4) is 0 Å². The van der Waals surface area contributed by atoms with Gasteiger partial charge in [-0.1, -0.05) is 97.1 Å². The average Bonchev–Trinajstić information content (AvgIpc) is 3.55. The second kappa shape index (κ2) is 8.68. The maximum atomic E-state index is 4.88. The zero-order valence-electron chi connectivity index (χ0n) is 18.5. The lowest BCUT2D eigenvalue weighted by molar-refractivity contribution is 1.03. The first-order chi connectivity index (χ1) is 16.9. The highest BCUT2D eigenvalue weighted by molar-refractivity contribution is 5.72. The van der Waals surface area contributed by atoms with Crippen molar-refractivity contribution in [3.63, 3.8) is 0 Å². The molecule has 162 valence electrons. The van der Waals surface area contributed by atoms with Gasteiger partial charge < -0.3 is 0 Å². The second-order valence-electron chi connectivity index (χ2n) is 8.01. The summed E-state index contributed by atoms with van der Waals surface area (Å²) >= 11 is 0. The molecular weight excluding hydrogens is 416 g/mol. The Hall–Kier alpha value is -4.70. The third-order valence-electron chi connectivity index (χ3n) is 5.88. The molecule has 0 unspecified atom stereocenters. The van der Waals surface area contributed by atoms with Crippen LogP contribution in [-0.4, -0.2) is 19.1 Å². The van der Waals surface area contributed by atoms with Crippen molar-refractivity contribution in [3.8, 4) is 45.5 Å². The molecule has 4 nitrogen and oxygen atoms in total. The highest BCUT2D eigenvalue weighted by Gasteiger charge is 2.21. The summed E-state index contributed by atoms with van der Waals surface area (Å²) in [5.41, 5.74) is 6.18. The highest BCUT2D eigenvalue weighted by Crippen LogP contribution is 2.34. The predicted molar refractivity (Wildman–Crippen MR) is 137 cm³/mol. The van der Waals surface area contributed by atoms with E-state index in [4.69, 9.17) is 9.97 Å². The Balaban J connectivity index is 1.63. The molecule has 4 heteroatoms. The van der Waals surface area contributed by atoms with Crippen LogP contribution in [0.4, 0.5) is 0 Å². The third-order valence-corrected chi connectivity index (χ3v) is 5.88. The van der Waals surface area contributed by atoms with E-state index in [0.29, 0.717) is 0 Å². The van der Waals surface area contributed by atoms with E-state index in [1.165, 1.54) is 0 Å². The van der Waals surface area contributed by atoms with Crippen LogP contribution in [0.15, 0.2) is 134 Å². The molecule has 0 radical (unpaired) electrons. The SMILES string of the molecule is c1ccc(-c2ncc(-c3cnc(-c4ccccc4)n3-c3ccccc3)n2-c2ccccc2)cc1. The average molecular weight is 439 g/mol. The molecular formula is C30H22N4. The molecule has 6 rings (SSSR count). The Morgan fingerprint density at radius 1 is 0.382 bits per heavy atom. The molecule has 34 heavy (non-hydrogen) atoms. The summed E-state index contributed by atoms with van der Waals surface area (Å²) in [5.74, 6) is 1.78. The fourth-order valence-corrected chi connectivity index (χ4v) is 4.32. The van der Waals surface area contributed by atoms with E-state index in [1.54, 1.807) is 0 Å². The largest absolute Gasteiger partial charge is 0.291 e. The molecule has 0 N–H and O–H groups in total. The fourth-order valence-electron chi connectivity index (χ4n) is 4.32. The van der Waals surface area contributed by atoms with Crippen molar-refractivity contribution in [2.45, 2.75) is 0 Å². The number of rotatable bonds is 5. The Morgan fingerprint density at radius 2 is 0.706 bits per heavy atom. The Bertz CT molecular complexity index is 1400. The van der Waals surface area contributed by atoms with Gasteiger partial charge in [0.1, 0.15) is 11.6 Å². The van der Waals surface area contributed by atoms with Gasteiger partial charge in [0.05, 0.1) is 23.8 Å². The van der Waals surface area contributed by atoms with Crippen molar-refractivity contribution in [1.29, 1.82) is 0 Å². The molecule has 4 aromatic carbocycles. The topological polar surface area (TPSA) is 35.6 Å². The number of aromatic nitrogens is 4. The maximum Gasteiger partial charge on any atom is 0.145 e. The zero-order chi connectivity index (χ0) is 22.7. The van der Waals surface area contributed by atoms with Crippen molar-refractivity contribution < 1.29 is 0 Å². The molecule has 2 aromatic heterocycles. The van der Waals surface area contributed by atoms with Crippen LogP contribution in [0.5, 0.6) is 0 Å². The van der Waals surface area contributed by atoms with Crippen LogP contribution in [0.25, 0.3) is 45.5 Å². The summed E-state index contributed by atoms with van der Waals surface area (Å²) < 4.78 is 4.42. The molecule has 0 atom stereocenters. The van der Waals surface area contributed by atoms with Crippen molar-refractivity contribution in [3.05, 3.63) is 134 Å². The van der Waals surface area contributed by atoms with Crippen LogP contribution >= 0.6 is 0 Å². The number of benzene rings is 4. The predicted octanol–water partition coefficient (Wildman–Crippen LogP) is 7.06. The summed E-state index contributed by atoms with van der Waals surface area (Å²) in [6.07, 6.45) is 3.89. The van der Waals surface area contributed by atoms with Gasteiger partial charge in [-0.05, 0) is 24.3 Å². The number of nitrogens with zero attached hydrogens (tertiary/aromatic N) is 4. The lowest BCUT2D eigenvalue weighted by Crippen LogP contribution is -2.04. The number of imidazole rings is 2. The van der Waals surface area contributed by atoms with Crippen molar-refractivity contribution in [1.82, 2.24) is 19.1 Å². The molecule has 0 bridgehead atoms.